The SMILES string of the molecule is O=C(Nc1ccc(-n2cncn2)c(C(F)(F)F)c1)[C@H]1CCCO1. The van der Waals surface area contributed by atoms with Gasteiger partial charge in [-0.1, -0.05) is 0 Å². The minimum Gasteiger partial charge on any atom is -0.368 e. The fraction of sp³-hybridized carbons (Fsp3) is 0.357. The van der Waals surface area contributed by atoms with Crippen molar-refractivity contribution in [3.05, 3.63) is 36.4 Å². The van der Waals surface area contributed by atoms with E-state index >= 15 is 0 Å². The maximum Gasteiger partial charge on any atom is 0.418 e. The highest BCUT2D eigenvalue weighted by Gasteiger charge is 2.35. The molecule has 9 heteroatoms. The molecule has 1 atom stereocenters. The number of alkyl halides is 3. The van der Waals surface area contributed by atoms with Crippen LogP contribution in [0.15, 0.2) is 30.9 Å². The van der Waals surface area contributed by atoms with E-state index in [0.29, 0.717) is 13.0 Å². The van der Waals surface area contributed by atoms with Crippen molar-refractivity contribution < 1.29 is 22.7 Å². The van der Waals surface area contributed by atoms with Gasteiger partial charge < -0.3 is 10.1 Å². The van der Waals surface area contributed by atoms with Crippen LogP contribution >= 0.6 is 0 Å². The molecule has 1 aliphatic heterocycles. The van der Waals surface area contributed by atoms with Crippen molar-refractivity contribution >= 4 is 11.6 Å². The van der Waals surface area contributed by atoms with E-state index < -0.39 is 23.8 Å². The summed E-state index contributed by atoms with van der Waals surface area (Å²) in [6.45, 7) is 0.483. The summed E-state index contributed by atoms with van der Waals surface area (Å²) in [5.74, 6) is -0.441. The normalized spacial score (nSPS) is 18.1. The number of carbonyl (C=O) groups excluding carboxylic acids is 1. The molecule has 0 aliphatic carbocycles. The number of rotatable bonds is 3. The van der Waals surface area contributed by atoms with Crippen LogP contribution in [0, 0.1) is 0 Å². The largest absolute Gasteiger partial charge is 0.418 e. The molecule has 1 aliphatic rings. The molecule has 1 amide bonds. The van der Waals surface area contributed by atoms with Gasteiger partial charge in [0.1, 0.15) is 18.8 Å². The quantitative estimate of drug-likeness (QED) is 0.940. The lowest BCUT2D eigenvalue weighted by atomic mass is 10.1. The minimum absolute atomic E-state index is 0.0571. The second kappa shape index (κ2) is 5.99. The van der Waals surface area contributed by atoms with Gasteiger partial charge in [-0.05, 0) is 31.0 Å². The highest BCUT2D eigenvalue weighted by atomic mass is 19.4. The molecular weight excluding hydrogens is 313 g/mol. The molecule has 0 bridgehead atoms. The lowest BCUT2D eigenvalue weighted by Gasteiger charge is -2.15. The standard InChI is InChI=1S/C14H13F3N4O2/c15-14(16,17)10-6-9(20-13(22)12-2-1-5-23-12)3-4-11(10)21-8-18-7-19-21/h3-4,6-8,12H,1-2,5H2,(H,20,22)/t12-/m1/s1. The summed E-state index contributed by atoms with van der Waals surface area (Å²) >= 11 is 0. The second-order valence-corrected chi connectivity index (χ2v) is 5.06. The van der Waals surface area contributed by atoms with Crippen molar-refractivity contribution in [3.8, 4) is 5.69 Å². The van der Waals surface area contributed by atoms with Crippen LogP contribution in [-0.4, -0.2) is 33.4 Å². The van der Waals surface area contributed by atoms with Gasteiger partial charge in [0.15, 0.2) is 0 Å². The predicted molar refractivity (Wildman–Crippen MR) is 74.0 cm³/mol. The fourth-order valence-electron chi connectivity index (χ4n) is 2.38. The average molecular weight is 326 g/mol. The van der Waals surface area contributed by atoms with Gasteiger partial charge in [-0.25, -0.2) is 9.67 Å². The first-order chi connectivity index (χ1) is 10.9. The highest BCUT2D eigenvalue weighted by molar-refractivity contribution is 5.94. The molecule has 1 N–H and O–H groups in total. The molecule has 1 fully saturated rings. The van der Waals surface area contributed by atoms with Crippen LogP contribution in [-0.2, 0) is 15.7 Å². The fourth-order valence-corrected chi connectivity index (χ4v) is 2.38. The van der Waals surface area contributed by atoms with E-state index in [-0.39, 0.29) is 11.4 Å². The van der Waals surface area contributed by atoms with E-state index in [1.165, 1.54) is 18.5 Å². The summed E-state index contributed by atoms with van der Waals surface area (Å²) in [5.41, 5.74) is -1.01. The monoisotopic (exact) mass is 326 g/mol. The Morgan fingerprint density at radius 1 is 1.39 bits per heavy atom. The number of benzene rings is 1. The van der Waals surface area contributed by atoms with E-state index in [2.05, 4.69) is 15.4 Å². The third kappa shape index (κ3) is 3.34. The number of amides is 1. The predicted octanol–water partition coefficient (Wildman–Crippen LogP) is 2.40. The first-order valence-electron chi connectivity index (χ1n) is 6.94. The van der Waals surface area contributed by atoms with Crippen LogP contribution in [0.5, 0.6) is 0 Å². The molecule has 23 heavy (non-hydrogen) atoms. The van der Waals surface area contributed by atoms with Crippen molar-refractivity contribution in [2.75, 3.05) is 11.9 Å². The number of nitrogens with zero attached hydrogens (tertiary/aromatic N) is 3. The van der Waals surface area contributed by atoms with Crippen LogP contribution in [0.2, 0.25) is 0 Å². The van der Waals surface area contributed by atoms with Crippen LogP contribution in [0.4, 0.5) is 18.9 Å². The van der Waals surface area contributed by atoms with E-state index in [0.717, 1.165) is 23.5 Å². The van der Waals surface area contributed by atoms with Gasteiger partial charge in [-0.3, -0.25) is 4.79 Å². The highest BCUT2D eigenvalue weighted by Crippen LogP contribution is 2.35. The first-order valence-corrected chi connectivity index (χ1v) is 6.94. The average Bonchev–Trinajstić information content (AvgIpc) is 3.20. The van der Waals surface area contributed by atoms with Crippen LogP contribution in [0.25, 0.3) is 5.69 Å². The third-order valence-corrected chi connectivity index (χ3v) is 3.46. The number of hydrogen-bond donors (Lipinski definition) is 1. The lowest BCUT2D eigenvalue weighted by Crippen LogP contribution is -2.27. The Morgan fingerprint density at radius 2 is 2.22 bits per heavy atom. The Labute approximate surface area is 129 Å². The zero-order chi connectivity index (χ0) is 16.4. The van der Waals surface area contributed by atoms with E-state index in [9.17, 15) is 18.0 Å². The Bertz CT molecular complexity index is 695. The van der Waals surface area contributed by atoms with Gasteiger partial charge >= 0.3 is 6.18 Å². The number of anilines is 1. The van der Waals surface area contributed by atoms with Crippen molar-refractivity contribution in [1.82, 2.24) is 14.8 Å². The number of hydrogen-bond acceptors (Lipinski definition) is 4. The van der Waals surface area contributed by atoms with Gasteiger partial charge in [0.2, 0.25) is 0 Å². The number of nitrogens with one attached hydrogen (secondary N) is 1. The number of ether oxygens (including phenoxy) is 1. The molecule has 3 rings (SSSR count). The first kappa shape index (κ1) is 15.5. The molecule has 6 nitrogen and oxygen atoms in total. The van der Waals surface area contributed by atoms with Crippen LogP contribution < -0.4 is 5.32 Å². The van der Waals surface area contributed by atoms with Crippen molar-refractivity contribution in [2.24, 2.45) is 0 Å². The summed E-state index contributed by atoms with van der Waals surface area (Å²) in [4.78, 5) is 15.6. The molecule has 0 radical (unpaired) electrons. The molecule has 2 heterocycles. The number of carbonyl (C=O) groups is 1. The molecule has 1 aromatic carbocycles. The third-order valence-electron chi connectivity index (χ3n) is 3.46. The molecule has 2 aromatic rings. The molecule has 1 aromatic heterocycles. The van der Waals surface area contributed by atoms with Gasteiger partial charge in [0, 0.05) is 12.3 Å². The van der Waals surface area contributed by atoms with Gasteiger partial charge in [-0.2, -0.15) is 18.3 Å². The maximum absolute atomic E-state index is 13.3. The molecule has 0 unspecified atom stereocenters. The molecule has 0 saturated carbocycles. The van der Waals surface area contributed by atoms with Crippen molar-refractivity contribution in [3.63, 3.8) is 0 Å². The van der Waals surface area contributed by atoms with Gasteiger partial charge in [0.25, 0.3) is 5.91 Å². The zero-order valence-electron chi connectivity index (χ0n) is 11.9. The maximum atomic E-state index is 13.3. The molecular formula is C14H13F3N4O2. The number of aromatic nitrogens is 3. The summed E-state index contributed by atoms with van der Waals surface area (Å²) in [6.07, 6.45) is -1.56. The van der Waals surface area contributed by atoms with Crippen molar-refractivity contribution in [2.45, 2.75) is 25.1 Å². The second-order valence-electron chi connectivity index (χ2n) is 5.06. The Morgan fingerprint density at radius 3 is 2.83 bits per heavy atom. The topological polar surface area (TPSA) is 69.0 Å². The Kier molecular flexibility index (Phi) is 4.03. The summed E-state index contributed by atoms with van der Waals surface area (Å²) in [7, 11) is 0. The minimum atomic E-state index is -4.59. The van der Waals surface area contributed by atoms with E-state index in [4.69, 9.17) is 4.74 Å². The smallest absolute Gasteiger partial charge is 0.368 e. The summed E-state index contributed by atoms with van der Waals surface area (Å²) < 4.78 is 46.0. The Balaban J connectivity index is 1.89. The van der Waals surface area contributed by atoms with Gasteiger partial charge in [0.05, 0.1) is 11.3 Å². The summed E-state index contributed by atoms with van der Waals surface area (Å²) in [5, 5.41) is 6.17. The molecule has 0 spiro atoms. The van der Waals surface area contributed by atoms with Crippen LogP contribution in [0.3, 0.4) is 0 Å². The lowest BCUT2D eigenvalue weighted by molar-refractivity contribution is -0.137. The zero-order valence-corrected chi connectivity index (χ0v) is 11.9. The van der Waals surface area contributed by atoms with E-state index in [1.54, 1.807) is 0 Å². The van der Waals surface area contributed by atoms with Crippen LogP contribution in [0.1, 0.15) is 18.4 Å². The Hall–Kier alpha value is -2.42. The van der Waals surface area contributed by atoms with E-state index in [1.807, 2.05) is 0 Å². The number of halogens is 3. The molecule has 122 valence electrons. The van der Waals surface area contributed by atoms with Gasteiger partial charge in [-0.15, -0.1) is 0 Å². The van der Waals surface area contributed by atoms with Crippen molar-refractivity contribution in [1.29, 1.82) is 0 Å². The molecule has 1 saturated heterocycles. The summed E-state index contributed by atoms with van der Waals surface area (Å²) in [6, 6.07) is 3.51.